The molecule has 0 aromatic heterocycles. The fraction of sp³-hybridized carbons (Fsp3) is 0.650. The first-order valence-corrected chi connectivity index (χ1v) is 9.33. The second-order valence-corrected chi connectivity index (χ2v) is 6.42. The lowest BCUT2D eigenvalue weighted by molar-refractivity contribution is -0.128. The normalized spacial score (nSPS) is 16.4. The van der Waals surface area contributed by atoms with E-state index >= 15 is 0 Å². The minimum absolute atomic E-state index is 0.00304. The summed E-state index contributed by atoms with van der Waals surface area (Å²) in [6, 6.07) is 0. The number of hydrogen-bond donors (Lipinski definition) is 1. The van der Waals surface area contributed by atoms with Crippen molar-refractivity contribution in [3.05, 3.63) is 24.3 Å². The number of carbonyl (C=O) groups is 3. The largest absolute Gasteiger partial charge is 0.356 e. The molecular formula is C20H31NO3. The van der Waals surface area contributed by atoms with E-state index in [9.17, 15) is 14.4 Å². The van der Waals surface area contributed by atoms with Gasteiger partial charge in [0.2, 0.25) is 5.91 Å². The maximum Gasteiger partial charge on any atom is 0.219 e. The van der Waals surface area contributed by atoms with Gasteiger partial charge in [0.25, 0.3) is 0 Å². The Morgan fingerprint density at radius 2 is 1.67 bits per heavy atom. The van der Waals surface area contributed by atoms with Crippen LogP contribution in [0, 0.1) is 5.92 Å². The Morgan fingerprint density at radius 3 is 2.42 bits per heavy atom. The molecule has 4 nitrogen and oxygen atoms in total. The molecule has 0 saturated carbocycles. The number of allylic oxidation sites excluding steroid dienone is 4. The van der Waals surface area contributed by atoms with Gasteiger partial charge < -0.3 is 5.32 Å². The molecule has 1 rings (SSSR count). The average molecular weight is 333 g/mol. The number of ketones is 2. The molecule has 0 heterocycles. The van der Waals surface area contributed by atoms with Crippen molar-refractivity contribution in [1.29, 1.82) is 0 Å². The van der Waals surface area contributed by atoms with Gasteiger partial charge >= 0.3 is 0 Å². The summed E-state index contributed by atoms with van der Waals surface area (Å²) >= 11 is 0. The van der Waals surface area contributed by atoms with Crippen molar-refractivity contribution in [1.82, 2.24) is 5.32 Å². The van der Waals surface area contributed by atoms with Crippen LogP contribution in [-0.2, 0) is 14.4 Å². The average Bonchev–Trinajstić information content (AvgIpc) is 2.58. The van der Waals surface area contributed by atoms with Crippen molar-refractivity contribution in [3.63, 3.8) is 0 Å². The van der Waals surface area contributed by atoms with Crippen LogP contribution in [0.25, 0.3) is 0 Å². The monoisotopic (exact) mass is 333 g/mol. The van der Waals surface area contributed by atoms with Gasteiger partial charge in [-0.05, 0) is 25.3 Å². The first-order chi connectivity index (χ1) is 11.6. The molecule has 0 aliphatic heterocycles. The summed E-state index contributed by atoms with van der Waals surface area (Å²) in [5.74, 6) is -0.569. The van der Waals surface area contributed by atoms with Gasteiger partial charge in [-0.2, -0.15) is 0 Å². The summed E-state index contributed by atoms with van der Waals surface area (Å²) in [5, 5.41) is 2.93. The van der Waals surface area contributed by atoms with Crippen molar-refractivity contribution in [2.75, 3.05) is 6.54 Å². The standard InChI is InChI=1S/C20H31NO3/c1-2-3-4-5-8-15-20(24)21-16-11-6-7-13-18(22)17-12-9-10-14-19(17)23/h9-10,12,14,17H,2-8,11,13,15-16H2,1H3,(H,21,24). The molecule has 1 amide bonds. The van der Waals surface area contributed by atoms with Crippen LogP contribution in [-0.4, -0.2) is 24.0 Å². The molecule has 1 atom stereocenters. The Balaban J connectivity index is 1.97. The summed E-state index contributed by atoms with van der Waals surface area (Å²) < 4.78 is 0. The van der Waals surface area contributed by atoms with E-state index in [-0.39, 0.29) is 17.5 Å². The fourth-order valence-electron chi connectivity index (χ4n) is 2.75. The summed E-state index contributed by atoms with van der Waals surface area (Å²) in [7, 11) is 0. The molecule has 24 heavy (non-hydrogen) atoms. The van der Waals surface area contributed by atoms with Crippen LogP contribution < -0.4 is 5.32 Å². The van der Waals surface area contributed by atoms with Gasteiger partial charge in [-0.25, -0.2) is 0 Å². The van der Waals surface area contributed by atoms with E-state index in [1.165, 1.54) is 25.3 Å². The summed E-state index contributed by atoms with van der Waals surface area (Å²) in [6.45, 7) is 2.86. The number of hydrogen-bond acceptors (Lipinski definition) is 3. The zero-order valence-corrected chi connectivity index (χ0v) is 14.9. The first-order valence-electron chi connectivity index (χ1n) is 9.33. The molecular weight excluding hydrogens is 302 g/mol. The Kier molecular flexibility index (Phi) is 10.7. The van der Waals surface area contributed by atoms with Crippen LogP contribution in [0.15, 0.2) is 24.3 Å². The van der Waals surface area contributed by atoms with E-state index in [1.807, 2.05) is 0 Å². The highest BCUT2D eigenvalue weighted by Gasteiger charge is 2.22. The third-order valence-corrected chi connectivity index (χ3v) is 4.26. The molecule has 0 bridgehead atoms. The van der Waals surface area contributed by atoms with E-state index in [0.717, 1.165) is 32.1 Å². The highest BCUT2D eigenvalue weighted by molar-refractivity contribution is 6.09. The quantitative estimate of drug-likeness (QED) is 0.411. The molecule has 0 spiro atoms. The van der Waals surface area contributed by atoms with Gasteiger partial charge in [0.1, 0.15) is 5.78 Å². The van der Waals surface area contributed by atoms with Gasteiger partial charge in [-0.3, -0.25) is 14.4 Å². The fourth-order valence-corrected chi connectivity index (χ4v) is 2.75. The van der Waals surface area contributed by atoms with E-state index in [4.69, 9.17) is 0 Å². The van der Waals surface area contributed by atoms with Crippen LogP contribution in [0.2, 0.25) is 0 Å². The highest BCUT2D eigenvalue weighted by atomic mass is 16.2. The van der Waals surface area contributed by atoms with Gasteiger partial charge in [-0.1, -0.05) is 57.3 Å². The van der Waals surface area contributed by atoms with Crippen LogP contribution in [0.5, 0.6) is 0 Å². The Hall–Kier alpha value is -1.71. The number of Topliss-reactive ketones (excluding diaryl/α,β-unsaturated/α-hetero) is 1. The predicted molar refractivity (Wildman–Crippen MR) is 96.6 cm³/mol. The third kappa shape index (κ3) is 8.80. The molecule has 1 aliphatic carbocycles. The Morgan fingerprint density at radius 1 is 0.958 bits per heavy atom. The molecule has 1 aliphatic rings. The van der Waals surface area contributed by atoms with E-state index in [2.05, 4.69) is 12.2 Å². The minimum Gasteiger partial charge on any atom is -0.356 e. The molecule has 0 saturated heterocycles. The molecule has 4 heteroatoms. The molecule has 1 N–H and O–H groups in total. The molecule has 0 radical (unpaired) electrons. The summed E-state index contributed by atoms with van der Waals surface area (Å²) in [6.07, 6.45) is 15.9. The number of carbonyl (C=O) groups excluding carboxylic acids is 3. The van der Waals surface area contributed by atoms with Gasteiger partial charge in [-0.15, -0.1) is 0 Å². The summed E-state index contributed by atoms with van der Waals surface area (Å²) in [5.41, 5.74) is 0. The molecule has 134 valence electrons. The molecule has 0 aromatic carbocycles. The lowest BCUT2D eigenvalue weighted by Crippen LogP contribution is -2.24. The topological polar surface area (TPSA) is 63.2 Å². The Bertz CT molecular complexity index is 466. The first kappa shape index (κ1) is 20.3. The van der Waals surface area contributed by atoms with Gasteiger partial charge in [0.15, 0.2) is 5.78 Å². The SMILES string of the molecule is CCCCCCCC(=O)NCCCCCC(=O)C1C=CC=CC1=O. The van der Waals surface area contributed by atoms with Crippen molar-refractivity contribution >= 4 is 17.5 Å². The number of amides is 1. The van der Waals surface area contributed by atoms with Crippen LogP contribution in [0.4, 0.5) is 0 Å². The van der Waals surface area contributed by atoms with Crippen molar-refractivity contribution in [3.8, 4) is 0 Å². The number of nitrogens with one attached hydrogen (secondary N) is 1. The van der Waals surface area contributed by atoms with E-state index in [0.29, 0.717) is 19.4 Å². The van der Waals surface area contributed by atoms with Crippen LogP contribution in [0.3, 0.4) is 0 Å². The highest BCUT2D eigenvalue weighted by Crippen LogP contribution is 2.13. The van der Waals surface area contributed by atoms with Crippen LogP contribution in [0.1, 0.15) is 71.1 Å². The number of rotatable bonds is 13. The lowest BCUT2D eigenvalue weighted by Gasteiger charge is -2.10. The maximum atomic E-state index is 12.0. The van der Waals surface area contributed by atoms with Crippen molar-refractivity contribution in [2.45, 2.75) is 71.1 Å². The Labute approximate surface area is 145 Å². The third-order valence-electron chi connectivity index (χ3n) is 4.26. The molecule has 1 unspecified atom stereocenters. The lowest BCUT2D eigenvalue weighted by atomic mass is 9.92. The zero-order valence-electron chi connectivity index (χ0n) is 14.9. The molecule has 0 fully saturated rings. The smallest absolute Gasteiger partial charge is 0.219 e. The van der Waals surface area contributed by atoms with E-state index in [1.54, 1.807) is 18.2 Å². The van der Waals surface area contributed by atoms with Crippen LogP contribution >= 0.6 is 0 Å². The summed E-state index contributed by atoms with van der Waals surface area (Å²) in [4.78, 5) is 35.2. The maximum absolute atomic E-state index is 12.0. The zero-order chi connectivity index (χ0) is 17.6. The number of unbranched alkanes of at least 4 members (excludes halogenated alkanes) is 6. The second kappa shape index (κ2) is 12.7. The second-order valence-electron chi connectivity index (χ2n) is 6.42. The predicted octanol–water partition coefficient (Wildman–Crippen LogP) is 3.90. The van der Waals surface area contributed by atoms with Gasteiger partial charge in [0.05, 0.1) is 5.92 Å². The van der Waals surface area contributed by atoms with Crippen molar-refractivity contribution < 1.29 is 14.4 Å². The minimum atomic E-state index is -0.581. The van der Waals surface area contributed by atoms with Crippen molar-refractivity contribution in [2.24, 2.45) is 5.92 Å². The van der Waals surface area contributed by atoms with Gasteiger partial charge in [0, 0.05) is 19.4 Å². The molecule has 0 aromatic rings. The van der Waals surface area contributed by atoms with E-state index < -0.39 is 5.92 Å².